The van der Waals surface area contributed by atoms with Crippen molar-refractivity contribution in [3.8, 4) is 0 Å². The van der Waals surface area contributed by atoms with Gasteiger partial charge in [-0.05, 0) is 90.0 Å². The maximum Gasteiger partial charge on any atom is 0.155 e. The molecule has 264 valence electrons. The number of rotatable bonds is 11. The van der Waals surface area contributed by atoms with Crippen LogP contribution in [0, 0.1) is 31.6 Å². The number of aliphatic hydroxyl groups is 1. The largest absolute Gasteiger partial charge is 0.512 e. The molecule has 0 heterocycles. The molecule has 0 aliphatic carbocycles. The number of carbonyl (C=O) groups is 11. The van der Waals surface area contributed by atoms with Crippen molar-refractivity contribution in [2.75, 3.05) is 0 Å². The summed E-state index contributed by atoms with van der Waals surface area (Å²) in [6.07, 6.45) is 5.39. The number of hydrogen-bond donors (Lipinski definition) is 1. The molecule has 45 heavy (non-hydrogen) atoms. The molecule has 1 N–H and O–H groups in total. The summed E-state index contributed by atoms with van der Waals surface area (Å²) in [7, 11) is 0. The Morgan fingerprint density at radius 1 is 0.422 bits per heavy atom. The van der Waals surface area contributed by atoms with Gasteiger partial charge in [-0.1, -0.05) is 0 Å². The average molecular weight is 995 g/mol. The van der Waals surface area contributed by atoms with Gasteiger partial charge in [0, 0.05) is 92.6 Å². The first-order chi connectivity index (χ1) is 19.2. The Morgan fingerprint density at radius 2 is 0.578 bits per heavy atom. The predicted octanol–water partition coefficient (Wildman–Crippen LogP) is 3.31. The molecule has 0 saturated heterocycles. The van der Waals surface area contributed by atoms with E-state index in [-0.39, 0.29) is 110 Å². The Kier molecular flexibility index (Phi) is 52.3. The van der Waals surface area contributed by atoms with Crippen LogP contribution in [0.2, 0.25) is 0 Å². The van der Waals surface area contributed by atoms with Gasteiger partial charge in [-0.15, -0.1) is 0 Å². The van der Waals surface area contributed by atoms with Crippen molar-refractivity contribution < 1.29 is 98.1 Å². The number of carbonyl (C=O) groups excluding carboxylic acids is 11. The van der Waals surface area contributed by atoms with Gasteiger partial charge in [-0.2, -0.15) is 0 Å². The Morgan fingerprint density at radius 3 is 0.578 bits per heavy atom. The van der Waals surface area contributed by atoms with Gasteiger partial charge in [-0.3, -0.25) is 40.1 Å². The van der Waals surface area contributed by atoms with E-state index in [0.29, 0.717) is 0 Å². The summed E-state index contributed by atoms with van der Waals surface area (Å²) in [5.41, 5.74) is 0. The standard InChI is InChI=1S/C6H10O2.C5H8O2.4C5H7O2.2Ir/c1-4(5(2)7)6(3)8;5*1-4(6)3-5(2)7;;/h4H,1-3H3;3,6H,1-2H3;4*3H,1-2H3;;/q;;4*-1;;/b;4-3-;;;;;;. The minimum atomic E-state index is -0.407. The fourth-order valence-corrected chi connectivity index (χ4v) is 1.73. The third-order valence-electron chi connectivity index (χ3n) is 3.26. The molecule has 0 amide bonds. The van der Waals surface area contributed by atoms with E-state index in [1.54, 1.807) is 6.92 Å². The molecule has 0 fully saturated rings. The second kappa shape index (κ2) is 38.7. The predicted molar refractivity (Wildman–Crippen MR) is 160 cm³/mol. The molecule has 0 atom stereocenters. The normalized spacial score (nSPS) is 8.27. The summed E-state index contributed by atoms with van der Waals surface area (Å²) < 4.78 is 0. The number of allylic oxidation sites excluding steroid dienone is 2. The molecule has 2 radical (unpaired) electrons. The Bertz CT molecular complexity index is 856. The van der Waals surface area contributed by atoms with Crippen LogP contribution in [0.1, 0.15) is 90.0 Å². The first-order valence-electron chi connectivity index (χ1n) is 12.5. The molecule has 0 unspecified atom stereocenters. The molecule has 12 nitrogen and oxygen atoms in total. The van der Waals surface area contributed by atoms with E-state index >= 15 is 0 Å². The van der Waals surface area contributed by atoms with Gasteiger partial charge in [0.25, 0.3) is 0 Å². The van der Waals surface area contributed by atoms with Gasteiger partial charge in [0.2, 0.25) is 0 Å². The van der Waals surface area contributed by atoms with Gasteiger partial charge in [0.1, 0.15) is 11.6 Å². The quantitative estimate of drug-likeness (QED) is 0.137. The van der Waals surface area contributed by atoms with E-state index in [0.717, 1.165) is 25.7 Å². The zero-order valence-electron chi connectivity index (χ0n) is 28.1. The van der Waals surface area contributed by atoms with Crippen molar-refractivity contribution >= 4 is 63.6 Å². The van der Waals surface area contributed by atoms with Crippen molar-refractivity contribution in [3.05, 3.63) is 37.5 Å². The minimum Gasteiger partial charge on any atom is -0.512 e. The van der Waals surface area contributed by atoms with Gasteiger partial charge < -0.3 is 43.5 Å². The molecule has 0 bridgehead atoms. The fraction of sp³-hybridized carbons (Fsp3) is 0.452. The van der Waals surface area contributed by atoms with Crippen LogP contribution in [0.4, 0.5) is 0 Å². The third-order valence-corrected chi connectivity index (χ3v) is 3.26. The molecule has 0 saturated carbocycles. The Hall–Kier alpha value is -3.31. The van der Waals surface area contributed by atoms with Gasteiger partial charge in [0.15, 0.2) is 5.78 Å². The SMILES string of the molecule is CC(=O)/C=C(/C)O.CC(=O)C(C)C(C)=O.CC(=O)[CH-]C(C)=O.CC(=O)[CH-]C(C)=O.CC(=O)[CH-]C(C)=O.CC(=O)[CH-]C(C)=O.[Ir].[Ir]. The monoisotopic (exact) mass is 996 g/mol. The third kappa shape index (κ3) is 99.9. The fourth-order valence-electron chi connectivity index (χ4n) is 1.73. The molecular weight excluding hydrogens is 949 g/mol. The van der Waals surface area contributed by atoms with Crippen LogP contribution in [0.5, 0.6) is 0 Å². The smallest absolute Gasteiger partial charge is 0.155 e. The molecule has 0 rings (SSSR count). The first kappa shape index (κ1) is 60.8. The molecule has 0 aliphatic heterocycles. The number of Topliss-reactive ketones (excluding diaryl/α,β-unsaturated/α-hetero) is 10. The van der Waals surface area contributed by atoms with E-state index in [1.165, 1.54) is 89.2 Å². The average Bonchev–Trinajstić information content (AvgIpc) is 2.70. The van der Waals surface area contributed by atoms with Crippen molar-refractivity contribution in [2.45, 2.75) is 90.0 Å². The molecule has 14 heteroatoms. The maximum absolute atomic E-state index is 10.4. The molecule has 0 aromatic carbocycles. The second-order valence-corrected chi connectivity index (χ2v) is 8.80. The van der Waals surface area contributed by atoms with Crippen LogP contribution in [0.15, 0.2) is 11.8 Å². The van der Waals surface area contributed by atoms with Crippen LogP contribution in [-0.4, -0.2) is 68.7 Å². The van der Waals surface area contributed by atoms with Crippen molar-refractivity contribution in [2.24, 2.45) is 5.92 Å². The van der Waals surface area contributed by atoms with E-state index in [2.05, 4.69) is 0 Å². The molecule has 0 aliphatic rings. The van der Waals surface area contributed by atoms with Crippen LogP contribution < -0.4 is 0 Å². The van der Waals surface area contributed by atoms with Crippen LogP contribution in [0.25, 0.3) is 0 Å². The van der Waals surface area contributed by atoms with Gasteiger partial charge in [0.05, 0.1) is 11.7 Å². The van der Waals surface area contributed by atoms with Crippen molar-refractivity contribution in [1.29, 1.82) is 0 Å². The summed E-state index contributed by atoms with van der Waals surface area (Å²) in [5, 5.41) is 8.36. The van der Waals surface area contributed by atoms with E-state index in [1.807, 2.05) is 0 Å². The van der Waals surface area contributed by atoms with Crippen LogP contribution in [0.3, 0.4) is 0 Å². The van der Waals surface area contributed by atoms with Crippen LogP contribution >= 0.6 is 0 Å². The van der Waals surface area contributed by atoms with Gasteiger partial charge >= 0.3 is 0 Å². The summed E-state index contributed by atoms with van der Waals surface area (Å²) in [5.74, 6) is -2.09. The van der Waals surface area contributed by atoms with E-state index in [4.69, 9.17) is 5.11 Å². The molecule has 0 aromatic heterocycles. The van der Waals surface area contributed by atoms with E-state index in [9.17, 15) is 52.7 Å². The summed E-state index contributed by atoms with van der Waals surface area (Å²) >= 11 is 0. The molecule has 0 aromatic rings. The van der Waals surface area contributed by atoms with Crippen molar-refractivity contribution in [3.63, 3.8) is 0 Å². The van der Waals surface area contributed by atoms with Crippen LogP contribution in [-0.2, 0) is 93.0 Å². The summed E-state index contributed by atoms with van der Waals surface area (Å²) in [6.45, 7) is 18.1. The number of hydrogen-bond acceptors (Lipinski definition) is 12. The van der Waals surface area contributed by atoms with E-state index < -0.39 is 5.92 Å². The number of ketones is 11. The zero-order valence-corrected chi connectivity index (χ0v) is 32.9. The summed E-state index contributed by atoms with van der Waals surface area (Å²) in [6, 6.07) is 0. The Balaban J connectivity index is -0.0000000604. The molecule has 0 spiro atoms. The van der Waals surface area contributed by atoms with Gasteiger partial charge in [-0.25, -0.2) is 0 Å². The van der Waals surface area contributed by atoms with Crippen molar-refractivity contribution in [1.82, 2.24) is 0 Å². The number of aliphatic hydroxyl groups excluding tert-OH is 1. The zero-order chi connectivity index (χ0) is 36.0. The maximum atomic E-state index is 10.4. The molecular formula is C31H46Ir2O12-4. The minimum absolute atomic E-state index is 0. The Labute approximate surface area is 294 Å². The topological polar surface area (TPSA) is 208 Å². The first-order valence-corrected chi connectivity index (χ1v) is 12.5. The second-order valence-electron chi connectivity index (χ2n) is 8.80. The summed E-state index contributed by atoms with van der Waals surface area (Å²) in [4.78, 5) is 111.